The van der Waals surface area contributed by atoms with Crippen molar-refractivity contribution >= 4 is 33.4 Å². The van der Waals surface area contributed by atoms with E-state index in [2.05, 4.69) is 77.0 Å². The van der Waals surface area contributed by atoms with Crippen molar-refractivity contribution in [2.75, 3.05) is 25.6 Å². The fourth-order valence-electron chi connectivity index (χ4n) is 8.59. The number of hydrogen-bond donors (Lipinski definition) is 8. The predicted octanol–water partition coefficient (Wildman–Crippen LogP) is 8.05. The van der Waals surface area contributed by atoms with Gasteiger partial charge in [0.05, 0.1) is 37.6 Å². The minimum absolute atomic E-state index is 0.0443. The number of aliphatic hydroxyl groups excluding tert-OH is 5. The van der Waals surface area contributed by atoms with Gasteiger partial charge in [-0.25, -0.2) is 13.9 Å². The van der Waals surface area contributed by atoms with E-state index in [9.17, 15) is 58.8 Å². The van der Waals surface area contributed by atoms with Crippen molar-refractivity contribution in [2.45, 2.75) is 198 Å². The lowest BCUT2D eigenvalue weighted by Gasteiger charge is -2.41. The Balaban J connectivity index is 1.70. The Kier molecular flexibility index (Phi) is 33.1. The normalized spacial score (nSPS) is 29.7. The number of anilines is 1. The number of phosphoric ester groups is 2. The van der Waals surface area contributed by atoms with Crippen LogP contribution < -0.4 is 11.4 Å². The highest BCUT2D eigenvalue weighted by atomic mass is 31.3. The number of aliphatic hydroxyl groups is 5. The van der Waals surface area contributed by atoms with E-state index in [1.54, 1.807) is 0 Å². The summed E-state index contributed by atoms with van der Waals surface area (Å²) in [6.07, 6.45) is 23.5. The molecule has 436 valence electrons. The number of carbonyl (C=O) groups is 2. The average Bonchev–Trinajstić information content (AvgIpc) is 3.37. The van der Waals surface area contributed by atoms with Crippen LogP contribution in [-0.2, 0) is 46.3 Å². The van der Waals surface area contributed by atoms with Gasteiger partial charge in [-0.3, -0.25) is 23.2 Å². The summed E-state index contributed by atoms with van der Waals surface area (Å²) in [5.74, 6) is -4.03. The maximum atomic E-state index is 13.4. The van der Waals surface area contributed by atoms with E-state index in [0.717, 1.165) is 68.8 Å². The highest BCUT2D eigenvalue weighted by molar-refractivity contribution is 7.61. The molecular weight excluding hydrogens is 1040 g/mol. The molecule has 77 heavy (non-hydrogen) atoms. The van der Waals surface area contributed by atoms with E-state index in [-0.39, 0.29) is 31.5 Å². The summed E-state index contributed by atoms with van der Waals surface area (Å²) in [6.45, 7) is 1.40. The Morgan fingerprint density at radius 1 is 0.818 bits per heavy atom. The first-order valence-corrected chi connectivity index (χ1v) is 30.2. The molecule has 0 saturated carbocycles. The standard InChI is InChI=1S/C54H87N3O18P2/c1-3-5-7-8-9-10-11-12-13-14-15-16-17-18-19-20-21-22-27-31-49(61)70-38-42-39-71-76(66,67)75-77(68,69)72-40-47-52(64)51(63)43(34-33-41(58)29-25-6-4-2)45(59)37-46(60)44(30-26-23-24-28-32-50(62)73-42)53(74-47)57-36-35-48(55)56-54(57)65/h5,7,9-10,12-13,15-16,18-19,33-36,41-47,51-53,58-60,63-64H,3-4,6,8,11,14,17,20-32,37-40H2,1-2H3,(H,66,67)(H,68,69)(H2,55,56,65)/b7-5-,10-9-,13-12-,16-15-,19-18-,34-33+/t41-,42+,43-,44-,45+,46-,47+,51-,52+,53+/m0/s1. The number of ether oxygens (including phenoxy) is 3. The second-order valence-electron chi connectivity index (χ2n) is 19.3. The molecule has 9 N–H and O–H groups in total. The lowest BCUT2D eigenvalue weighted by molar-refractivity contribution is -0.195. The maximum absolute atomic E-state index is 13.4. The monoisotopic (exact) mass is 1130 g/mol. The van der Waals surface area contributed by atoms with E-state index in [4.69, 9.17) is 29.0 Å². The molecule has 2 unspecified atom stereocenters. The van der Waals surface area contributed by atoms with Crippen molar-refractivity contribution in [3.63, 3.8) is 0 Å². The van der Waals surface area contributed by atoms with Crippen LogP contribution in [0.5, 0.6) is 0 Å². The number of aromatic nitrogens is 2. The maximum Gasteiger partial charge on any atom is 0.481 e. The molecule has 12 atom stereocenters. The Bertz CT molecular complexity index is 2200. The Morgan fingerprint density at radius 3 is 2.10 bits per heavy atom. The fraction of sp³-hybridized carbons (Fsp3) is 0.667. The molecule has 0 radical (unpaired) electrons. The SMILES string of the molecule is CC/C=C\C/C=C\C/C=C\C/C=C\C/C=C\CCCCCC(=O)OC[C@@H]1COP(=O)(O)OP(=O)(O)OC[C@H]2O[C@@H](n3ccc(N)nc3=O)[C@@H](CCCCCCC(=O)O1)[C@@H](O)C[C@@H](O)[C@H](/C=C/[C@@H](O)CCCCC)[C@H](O)[C@@H]2O. The third-order valence-corrected chi connectivity index (χ3v) is 15.5. The topological polar surface area (TPSA) is 326 Å². The van der Waals surface area contributed by atoms with Crippen molar-refractivity contribution in [1.82, 2.24) is 9.55 Å². The van der Waals surface area contributed by atoms with Crippen LogP contribution in [0, 0.1) is 11.8 Å². The number of carbonyl (C=O) groups excluding carboxylic acids is 2. The number of phosphoric acid groups is 2. The quantitative estimate of drug-likeness (QED) is 0.0210. The highest BCUT2D eigenvalue weighted by Gasteiger charge is 2.45. The Labute approximate surface area is 453 Å². The van der Waals surface area contributed by atoms with Crippen molar-refractivity contribution in [2.24, 2.45) is 11.8 Å². The van der Waals surface area contributed by atoms with E-state index in [1.165, 1.54) is 24.4 Å². The number of allylic oxidation sites excluding steroid dienone is 10. The van der Waals surface area contributed by atoms with Crippen LogP contribution >= 0.6 is 15.6 Å². The third-order valence-electron chi connectivity index (χ3n) is 12.8. The van der Waals surface area contributed by atoms with Gasteiger partial charge in [-0.05, 0) is 76.7 Å². The molecule has 21 nitrogen and oxygen atoms in total. The smallest absolute Gasteiger partial charge is 0.462 e. The fourth-order valence-corrected chi connectivity index (χ4v) is 10.7. The molecule has 0 amide bonds. The van der Waals surface area contributed by atoms with Crippen LogP contribution in [0.4, 0.5) is 5.82 Å². The molecule has 1 aromatic heterocycles. The van der Waals surface area contributed by atoms with Crippen molar-refractivity contribution < 1.29 is 81.6 Å². The first-order chi connectivity index (χ1) is 36.9. The van der Waals surface area contributed by atoms with Crippen LogP contribution in [0.15, 0.2) is 90.0 Å². The number of unbranched alkanes of at least 4 members (excludes halogenated alkanes) is 5. The van der Waals surface area contributed by atoms with Crippen molar-refractivity contribution in [3.05, 3.63) is 95.7 Å². The molecule has 0 aromatic carbocycles. The number of nitrogen functional groups attached to an aromatic ring is 1. The summed E-state index contributed by atoms with van der Waals surface area (Å²) >= 11 is 0. The molecule has 3 heterocycles. The molecule has 2 bridgehead atoms. The van der Waals surface area contributed by atoms with Gasteiger partial charge in [-0.2, -0.15) is 9.29 Å². The summed E-state index contributed by atoms with van der Waals surface area (Å²) in [5, 5.41) is 57.5. The van der Waals surface area contributed by atoms with E-state index < -0.39 is 120 Å². The average molecular weight is 1130 g/mol. The van der Waals surface area contributed by atoms with Crippen LogP contribution in [0.3, 0.4) is 0 Å². The molecule has 23 heteroatoms. The first-order valence-electron chi connectivity index (χ1n) is 27.2. The second-order valence-corrected chi connectivity index (χ2v) is 22.4. The molecule has 0 aliphatic carbocycles. The lowest BCUT2D eigenvalue weighted by atomic mass is 9.82. The molecule has 2 aliphatic heterocycles. The van der Waals surface area contributed by atoms with Gasteiger partial charge in [0.2, 0.25) is 0 Å². The summed E-state index contributed by atoms with van der Waals surface area (Å²) in [5.41, 5.74) is 4.81. The van der Waals surface area contributed by atoms with Crippen molar-refractivity contribution in [3.8, 4) is 0 Å². The molecular formula is C54H87N3O18P2. The van der Waals surface area contributed by atoms with Crippen LogP contribution in [0.1, 0.15) is 155 Å². The second kappa shape index (κ2) is 37.9. The molecule has 0 spiro atoms. The molecule has 1 aromatic rings. The van der Waals surface area contributed by atoms with Crippen LogP contribution in [-0.4, -0.2) is 119 Å². The number of rotatable bonds is 24. The van der Waals surface area contributed by atoms with Crippen molar-refractivity contribution in [1.29, 1.82) is 0 Å². The molecule has 3 rings (SSSR count). The number of cyclic esters (lactones) is 1. The van der Waals surface area contributed by atoms with Gasteiger partial charge in [0, 0.05) is 37.3 Å². The number of esters is 2. The summed E-state index contributed by atoms with van der Waals surface area (Å²) in [6, 6.07) is 1.26. The van der Waals surface area contributed by atoms with E-state index in [1.807, 2.05) is 6.92 Å². The van der Waals surface area contributed by atoms with Crippen LogP contribution in [0.25, 0.3) is 0 Å². The zero-order valence-corrected chi connectivity index (χ0v) is 46.6. The minimum atomic E-state index is -5.70. The number of fused-ring (bicyclic) bond motifs is 3. The lowest BCUT2D eigenvalue weighted by Crippen LogP contribution is -2.52. The Hall–Kier alpha value is -3.92. The molecule has 2 aliphatic rings. The zero-order chi connectivity index (χ0) is 56.5. The summed E-state index contributed by atoms with van der Waals surface area (Å²) in [4.78, 5) is 64.3. The van der Waals surface area contributed by atoms with Crippen LogP contribution in [0.2, 0.25) is 0 Å². The first kappa shape index (κ1) is 67.4. The summed E-state index contributed by atoms with van der Waals surface area (Å²) < 4.78 is 59.2. The van der Waals surface area contributed by atoms with Gasteiger partial charge >= 0.3 is 33.3 Å². The molecule has 2 saturated heterocycles. The number of nitrogens with two attached hydrogens (primary N) is 1. The van der Waals surface area contributed by atoms with Gasteiger partial charge in [-0.1, -0.05) is 132 Å². The predicted molar refractivity (Wildman–Crippen MR) is 290 cm³/mol. The number of hydrogen-bond acceptors (Lipinski definition) is 18. The summed E-state index contributed by atoms with van der Waals surface area (Å²) in [7, 11) is -11.3. The third kappa shape index (κ3) is 28.2. The van der Waals surface area contributed by atoms with Gasteiger partial charge in [0.25, 0.3) is 0 Å². The van der Waals surface area contributed by atoms with E-state index >= 15 is 0 Å². The van der Waals surface area contributed by atoms with Gasteiger partial charge in [-0.15, -0.1) is 0 Å². The number of nitrogens with zero attached hydrogens (tertiary/aromatic N) is 2. The van der Waals surface area contributed by atoms with Gasteiger partial charge in [0.1, 0.15) is 30.9 Å². The van der Waals surface area contributed by atoms with E-state index in [0.29, 0.717) is 38.5 Å². The van der Waals surface area contributed by atoms with Gasteiger partial charge < -0.3 is 55.3 Å². The van der Waals surface area contributed by atoms with Gasteiger partial charge in [0.15, 0.2) is 6.10 Å². The largest absolute Gasteiger partial charge is 0.481 e. The highest BCUT2D eigenvalue weighted by Crippen LogP contribution is 2.60. The Morgan fingerprint density at radius 2 is 1.45 bits per heavy atom. The molecule has 2 fully saturated rings. The minimum Gasteiger partial charge on any atom is -0.462 e. The zero-order valence-electron chi connectivity index (χ0n) is 44.8.